The molecule has 0 amide bonds. The van der Waals surface area contributed by atoms with Gasteiger partial charge in [-0.3, -0.25) is 20.4 Å². The molecule has 1 atom stereocenters. The van der Waals surface area contributed by atoms with Crippen molar-refractivity contribution in [3.8, 4) is 45.0 Å². The smallest absolute Gasteiger partial charge is 0.172 e. The largest absolute Gasteiger partial charge is 0.363 e. The van der Waals surface area contributed by atoms with Crippen molar-refractivity contribution in [2.45, 2.75) is 72.9 Å². The number of fused-ring (bicyclic) bond motifs is 4. The summed E-state index contributed by atoms with van der Waals surface area (Å²) in [6.45, 7) is 25.7. The monoisotopic (exact) mass is 1790 g/mol. The van der Waals surface area contributed by atoms with Gasteiger partial charge in [0.15, 0.2) is 46.5 Å². The first-order chi connectivity index (χ1) is 66.4. The number of nitrogens with one attached hydrogen (secondary N) is 10. The summed E-state index contributed by atoms with van der Waals surface area (Å²) in [6, 6.07) is 88.5. The van der Waals surface area contributed by atoms with Crippen LogP contribution >= 0.6 is 0 Å². The molecule has 0 unspecified atom stereocenters. The maximum absolute atomic E-state index is 5.25. The molecule has 10 N–H and O–H groups in total. The number of piperazine rings is 4. The first-order valence-corrected chi connectivity index (χ1v) is 46.8. The molecule has 8 aromatic heterocycles. The predicted octanol–water partition coefficient (Wildman–Crippen LogP) is 16.6. The first-order valence-electron chi connectivity index (χ1n) is 46.8. The maximum Gasteiger partial charge on any atom is 0.172 e. The fourth-order valence-corrected chi connectivity index (χ4v) is 17.8. The van der Waals surface area contributed by atoms with Crippen LogP contribution in [0.15, 0.2) is 280 Å². The van der Waals surface area contributed by atoms with Crippen LogP contribution in [-0.4, -0.2) is 192 Å². The second-order valence-electron chi connectivity index (χ2n) is 34.8. The standard InChI is InChI=1S/2C30H31N7.C24H27N7.C23H25N7/c1-22-26-18-25(12-13-27(26)35-34-22)28-19-32-29(30(33-28)36-16-14-31-15-17-36)37(20-23-8-4-2-5-9-23)21-24-10-6-3-7-11-24;1-21-26-17-24(12-13-27(26)36-35-21)28-19-33-29(32-18-23-10-6-3-7-11-23)30(34-28)37-15-14-31-25(20-37)16-22-8-4-2-5-9-22;1-17-20-14-19(8-9-21(20)29-28-17)22-15-26-23(24(27-22)31-12-10-25-11-13-31)30(2)16-18-6-4-3-5-7-18;1-16-19-13-18(7-8-20(19)29-28-16)21-15-26-22(25-14-17-5-3-2-4-6-17)23(27-21)30-11-9-24-10-12-30/h2-13,18-19,31H,14-17,20-21H2,1H3,(H,34,35);2-13,17,19,25,31H,14-16,18,20H2,1H3,(H,32,33)(H,35,36);3-9,14-15,25H,10-13,16H2,1-2H3,(H,28,29);2-8,13,15,24H,9-12,14H2,1H3,(H,25,26)(H,28,29)/t;25-;;/m.0../s1. The van der Waals surface area contributed by atoms with E-state index in [9.17, 15) is 0 Å². The van der Waals surface area contributed by atoms with Gasteiger partial charge in [-0.2, -0.15) is 20.4 Å². The number of nitrogens with zero attached hydrogens (tertiary/aromatic N) is 18. The number of hydrogen-bond acceptors (Lipinski definition) is 24. The van der Waals surface area contributed by atoms with Crippen LogP contribution in [0.3, 0.4) is 0 Å². The molecular formula is C107H114N28. The van der Waals surface area contributed by atoms with E-state index in [2.05, 4.69) is 321 Å². The van der Waals surface area contributed by atoms with Gasteiger partial charge >= 0.3 is 0 Å². The second-order valence-corrected chi connectivity index (χ2v) is 34.8. The molecule has 18 aromatic rings. The van der Waals surface area contributed by atoms with Crippen molar-refractivity contribution in [2.75, 3.05) is 145 Å². The van der Waals surface area contributed by atoms with E-state index < -0.39 is 0 Å². The zero-order chi connectivity index (χ0) is 91.6. The summed E-state index contributed by atoms with van der Waals surface area (Å²) in [6.07, 6.45) is 8.51. The Bertz CT molecular complexity index is 6900. The number of anilines is 8. The van der Waals surface area contributed by atoms with E-state index in [1.165, 1.54) is 33.4 Å². The molecule has 4 aliphatic heterocycles. The van der Waals surface area contributed by atoms with Crippen LogP contribution in [0.1, 0.15) is 56.2 Å². The molecule has 28 nitrogen and oxygen atoms in total. The average Bonchev–Trinajstić information content (AvgIpc) is 1.40. The van der Waals surface area contributed by atoms with E-state index in [1.54, 1.807) is 0 Å². The third-order valence-electron chi connectivity index (χ3n) is 25.2. The minimum atomic E-state index is 0.341. The van der Waals surface area contributed by atoms with Crippen molar-refractivity contribution in [1.82, 2.24) is 102 Å². The zero-order valence-electron chi connectivity index (χ0n) is 77.0. The number of hydrogen-bond donors (Lipinski definition) is 10. The first kappa shape index (κ1) is 88.9. The van der Waals surface area contributed by atoms with E-state index in [0.717, 1.165) is 282 Å². The maximum atomic E-state index is 5.25. The van der Waals surface area contributed by atoms with Gasteiger partial charge in [0.05, 0.1) is 69.6 Å². The van der Waals surface area contributed by atoms with Crippen molar-refractivity contribution in [3.05, 3.63) is 336 Å². The number of H-pyrrole nitrogens is 4. The van der Waals surface area contributed by atoms with Gasteiger partial charge in [-0.1, -0.05) is 206 Å². The summed E-state index contributed by atoms with van der Waals surface area (Å²) >= 11 is 0. The molecule has 0 spiro atoms. The third-order valence-corrected chi connectivity index (χ3v) is 25.2. The predicted molar refractivity (Wildman–Crippen MR) is 546 cm³/mol. The Morgan fingerprint density at radius 2 is 0.622 bits per heavy atom. The highest BCUT2D eigenvalue weighted by molar-refractivity contribution is 5.90. The molecule has 135 heavy (non-hydrogen) atoms. The van der Waals surface area contributed by atoms with Crippen LogP contribution in [0.2, 0.25) is 0 Å². The molecule has 22 rings (SSSR count). The molecule has 682 valence electrons. The van der Waals surface area contributed by atoms with Gasteiger partial charge in [0, 0.05) is 211 Å². The van der Waals surface area contributed by atoms with Crippen LogP contribution in [0.25, 0.3) is 88.6 Å². The molecule has 0 saturated carbocycles. The number of aromatic amines is 4. The second kappa shape index (κ2) is 42.5. The van der Waals surface area contributed by atoms with E-state index in [1.807, 2.05) is 94.9 Å². The molecule has 4 fully saturated rings. The Morgan fingerprint density at radius 1 is 0.319 bits per heavy atom. The van der Waals surface area contributed by atoms with E-state index in [4.69, 9.17) is 39.9 Å². The molecule has 0 radical (unpaired) electrons. The highest BCUT2D eigenvalue weighted by Gasteiger charge is 2.29. The third kappa shape index (κ3) is 21.7. The Hall–Kier alpha value is -15.4. The van der Waals surface area contributed by atoms with Crippen LogP contribution in [0, 0.1) is 27.7 Å². The number of benzene rings is 10. The lowest BCUT2D eigenvalue weighted by Gasteiger charge is -2.35. The van der Waals surface area contributed by atoms with Gasteiger partial charge in [-0.05, 0) is 116 Å². The normalized spacial score (nSPS) is 14.5. The minimum Gasteiger partial charge on any atom is -0.363 e. The lowest BCUT2D eigenvalue weighted by atomic mass is 10.0. The Morgan fingerprint density at radius 3 is 1.00 bits per heavy atom. The fraction of sp³-hybridized carbons (Fsp3) is 0.252. The molecule has 28 heteroatoms. The number of aromatic nitrogens is 16. The highest BCUT2D eigenvalue weighted by Crippen LogP contribution is 2.37. The summed E-state index contributed by atoms with van der Waals surface area (Å²) in [5.74, 6) is 7.16. The molecule has 4 aliphatic rings. The van der Waals surface area contributed by atoms with E-state index >= 15 is 0 Å². The van der Waals surface area contributed by atoms with Crippen molar-refractivity contribution in [1.29, 1.82) is 0 Å². The van der Waals surface area contributed by atoms with Gasteiger partial charge in [0.2, 0.25) is 0 Å². The summed E-state index contributed by atoms with van der Waals surface area (Å²) in [4.78, 5) is 54.2. The van der Waals surface area contributed by atoms with E-state index in [0.29, 0.717) is 19.1 Å². The lowest BCUT2D eigenvalue weighted by Crippen LogP contribution is -2.52. The SMILES string of the molecule is Cc1[nH]nc2ccc(-c3cnc(N(C)Cc4ccccc4)c(N4CCNCC4)n3)cc12.Cc1[nH]nc2ccc(-c3cnc(N(Cc4ccccc4)Cc4ccccc4)c(N4CCNCC4)n3)cc12.Cc1[nH]nc2ccc(-c3cnc(NCc4ccccc4)c(N4CCNCC4)n3)cc12.Cc1[nH]nc2ccc(-c3cnc(NCc4ccccc4)c(N4CCN[C@@H](Cc5ccccc5)C4)n3)cc12. The Kier molecular flexibility index (Phi) is 28.0. The zero-order valence-corrected chi connectivity index (χ0v) is 77.0. The molecule has 4 saturated heterocycles. The fourth-order valence-electron chi connectivity index (χ4n) is 17.8. The van der Waals surface area contributed by atoms with Crippen LogP contribution in [0.4, 0.5) is 46.5 Å². The minimum absolute atomic E-state index is 0.341. The molecule has 0 aliphatic carbocycles. The van der Waals surface area contributed by atoms with Gasteiger partial charge in [0.1, 0.15) is 0 Å². The van der Waals surface area contributed by atoms with Crippen molar-refractivity contribution in [2.24, 2.45) is 0 Å². The summed E-state index contributed by atoms with van der Waals surface area (Å²) < 4.78 is 0. The summed E-state index contributed by atoms with van der Waals surface area (Å²) in [7, 11) is 2.09. The summed E-state index contributed by atoms with van der Waals surface area (Å²) in [5.41, 5.74) is 23.3. The quantitative estimate of drug-likeness (QED) is 0.0269. The Labute approximate surface area is 786 Å². The van der Waals surface area contributed by atoms with Gasteiger partial charge in [-0.15, -0.1) is 0 Å². The van der Waals surface area contributed by atoms with E-state index in [-0.39, 0.29) is 0 Å². The number of rotatable bonds is 24. The molecule has 12 heterocycles. The van der Waals surface area contributed by atoms with Gasteiger partial charge < -0.3 is 61.3 Å². The Balaban J connectivity index is 0.000000116. The topological polar surface area (TPSA) is 309 Å². The van der Waals surface area contributed by atoms with Crippen molar-refractivity contribution >= 4 is 90.2 Å². The highest BCUT2D eigenvalue weighted by atomic mass is 15.3. The molecular weight excluding hydrogens is 1680 g/mol. The van der Waals surface area contributed by atoms with Crippen LogP contribution in [-0.2, 0) is 39.1 Å². The van der Waals surface area contributed by atoms with Crippen molar-refractivity contribution < 1.29 is 0 Å². The molecule has 0 bridgehead atoms. The van der Waals surface area contributed by atoms with Crippen LogP contribution < -0.4 is 61.3 Å². The molecule has 10 aromatic carbocycles. The van der Waals surface area contributed by atoms with Gasteiger partial charge in [0.25, 0.3) is 0 Å². The lowest BCUT2D eigenvalue weighted by molar-refractivity contribution is 0.453. The average molecular weight is 1790 g/mol. The van der Waals surface area contributed by atoms with Crippen molar-refractivity contribution in [3.63, 3.8) is 0 Å². The number of aryl methyl sites for hydroxylation is 4. The van der Waals surface area contributed by atoms with Gasteiger partial charge in [-0.25, -0.2) is 39.9 Å². The van der Waals surface area contributed by atoms with Crippen LogP contribution in [0.5, 0.6) is 0 Å². The summed E-state index contributed by atoms with van der Waals surface area (Å²) in [5, 5.41) is 55.2.